The van der Waals surface area contributed by atoms with Gasteiger partial charge in [0.25, 0.3) is 5.91 Å². The van der Waals surface area contributed by atoms with Crippen LogP contribution in [0.2, 0.25) is 10.0 Å². The minimum Gasteiger partial charge on any atom is -0.366 e. The Hall–Kier alpha value is -2.48. The standard InChI is InChI=1S/C17H12Cl2N2O2/c18-13-7-8-15(19)14(10-13)17(23)21-9-1-2-11-3-5-12(6-4-11)16(20)22/h3-8,10H,9H2,(H2,20,22)(H,21,23). The van der Waals surface area contributed by atoms with Crippen molar-refractivity contribution in [2.45, 2.75) is 0 Å². The summed E-state index contributed by atoms with van der Waals surface area (Å²) in [7, 11) is 0. The van der Waals surface area contributed by atoms with Crippen molar-refractivity contribution < 1.29 is 9.59 Å². The molecule has 0 aliphatic carbocycles. The van der Waals surface area contributed by atoms with Crippen LogP contribution in [0.25, 0.3) is 0 Å². The highest BCUT2D eigenvalue weighted by atomic mass is 35.5. The normalized spacial score (nSPS) is 9.65. The molecule has 2 aromatic rings. The zero-order valence-corrected chi connectivity index (χ0v) is 13.4. The fraction of sp³-hybridized carbons (Fsp3) is 0.0588. The fourth-order valence-corrected chi connectivity index (χ4v) is 2.13. The highest BCUT2D eigenvalue weighted by Crippen LogP contribution is 2.20. The monoisotopic (exact) mass is 346 g/mol. The maximum absolute atomic E-state index is 12.0. The zero-order chi connectivity index (χ0) is 16.8. The molecule has 3 N–H and O–H groups in total. The van der Waals surface area contributed by atoms with Gasteiger partial charge in [-0.15, -0.1) is 0 Å². The number of carbonyl (C=O) groups excluding carboxylic acids is 2. The summed E-state index contributed by atoms with van der Waals surface area (Å²) in [5, 5.41) is 3.39. The largest absolute Gasteiger partial charge is 0.366 e. The van der Waals surface area contributed by atoms with Gasteiger partial charge in [-0.05, 0) is 42.5 Å². The number of primary amides is 1. The fourth-order valence-electron chi connectivity index (χ4n) is 1.76. The van der Waals surface area contributed by atoms with Crippen molar-refractivity contribution in [2.24, 2.45) is 5.73 Å². The van der Waals surface area contributed by atoms with Gasteiger partial charge in [0, 0.05) is 16.1 Å². The van der Waals surface area contributed by atoms with Gasteiger partial charge in [-0.25, -0.2) is 0 Å². The van der Waals surface area contributed by atoms with Crippen LogP contribution in [0.5, 0.6) is 0 Å². The molecule has 0 aliphatic heterocycles. The molecule has 0 atom stereocenters. The van der Waals surface area contributed by atoms with Gasteiger partial charge in [0.2, 0.25) is 5.91 Å². The van der Waals surface area contributed by atoms with Crippen LogP contribution in [0, 0.1) is 11.8 Å². The number of nitrogens with two attached hydrogens (primary N) is 1. The Kier molecular flexibility index (Phi) is 5.64. The lowest BCUT2D eigenvalue weighted by Crippen LogP contribution is -2.23. The molecule has 4 nitrogen and oxygen atoms in total. The van der Waals surface area contributed by atoms with Crippen LogP contribution in [-0.4, -0.2) is 18.4 Å². The van der Waals surface area contributed by atoms with E-state index in [9.17, 15) is 9.59 Å². The minimum atomic E-state index is -0.491. The molecule has 0 bridgehead atoms. The third-order valence-electron chi connectivity index (χ3n) is 2.91. The summed E-state index contributed by atoms with van der Waals surface area (Å²) in [5.41, 5.74) is 6.58. The average Bonchev–Trinajstić information content (AvgIpc) is 2.54. The molecule has 0 aliphatic rings. The second-order valence-corrected chi connectivity index (χ2v) is 5.39. The van der Waals surface area contributed by atoms with Crippen molar-refractivity contribution in [3.05, 3.63) is 69.2 Å². The molecule has 2 aromatic carbocycles. The van der Waals surface area contributed by atoms with Crippen molar-refractivity contribution >= 4 is 35.0 Å². The van der Waals surface area contributed by atoms with Crippen molar-refractivity contribution in [3.8, 4) is 11.8 Å². The molecule has 0 radical (unpaired) electrons. The Balaban J connectivity index is 1.96. The van der Waals surface area contributed by atoms with Gasteiger partial charge in [-0.1, -0.05) is 35.0 Å². The smallest absolute Gasteiger partial charge is 0.253 e. The summed E-state index contributed by atoms with van der Waals surface area (Å²) in [6.07, 6.45) is 0. The lowest BCUT2D eigenvalue weighted by atomic mass is 10.1. The number of benzene rings is 2. The number of hydrogen-bond donors (Lipinski definition) is 2. The Labute approximate surface area is 143 Å². The van der Waals surface area contributed by atoms with Gasteiger partial charge in [0.1, 0.15) is 0 Å². The molecule has 2 rings (SSSR count). The van der Waals surface area contributed by atoms with E-state index in [2.05, 4.69) is 17.2 Å². The predicted octanol–water partition coefficient (Wildman–Crippen LogP) is 2.87. The van der Waals surface area contributed by atoms with Gasteiger partial charge >= 0.3 is 0 Å². The molecule has 0 unspecified atom stereocenters. The topological polar surface area (TPSA) is 72.2 Å². The van der Waals surface area contributed by atoms with Crippen LogP contribution in [0.15, 0.2) is 42.5 Å². The number of nitrogens with one attached hydrogen (secondary N) is 1. The van der Waals surface area contributed by atoms with E-state index in [4.69, 9.17) is 28.9 Å². The van der Waals surface area contributed by atoms with Gasteiger partial charge in [0.05, 0.1) is 17.1 Å². The second-order valence-electron chi connectivity index (χ2n) is 4.55. The molecule has 0 aromatic heterocycles. The van der Waals surface area contributed by atoms with Gasteiger partial charge in [-0.3, -0.25) is 9.59 Å². The Morgan fingerprint density at radius 2 is 1.78 bits per heavy atom. The second kappa shape index (κ2) is 7.68. The highest BCUT2D eigenvalue weighted by Gasteiger charge is 2.09. The van der Waals surface area contributed by atoms with Crippen LogP contribution < -0.4 is 11.1 Å². The molecule has 2 amide bonds. The predicted molar refractivity (Wildman–Crippen MR) is 90.6 cm³/mol. The number of halogens is 2. The van der Waals surface area contributed by atoms with Gasteiger partial charge in [-0.2, -0.15) is 0 Å². The van der Waals surface area contributed by atoms with Crippen LogP contribution >= 0.6 is 23.2 Å². The highest BCUT2D eigenvalue weighted by molar-refractivity contribution is 6.35. The van der Waals surface area contributed by atoms with Crippen molar-refractivity contribution in [1.82, 2.24) is 5.32 Å². The molecule has 0 spiro atoms. The van der Waals surface area contributed by atoms with E-state index in [0.717, 1.165) is 0 Å². The Morgan fingerprint density at radius 3 is 2.43 bits per heavy atom. The third kappa shape index (κ3) is 4.75. The Bertz CT molecular complexity index is 806. The summed E-state index contributed by atoms with van der Waals surface area (Å²) in [6, 6.07) is 11.2. The first-order valence-corrected chi connectivity index (χ1v) is 7.35. The zero-order valence-electron chi connectivity index (χ0n) is 11.9. The molecule has 23 heavy (non-hydrogen) atoms. The van der Waals surface area contributed by atoms with Crippen LogP contribution in [0.1, 0.15) is 26.3 Å². The first kappa shape index (κ1) is 16.9. The maximum Gasteiger partial charge on any atom is 0.253 e. The lowest BCUT2D eigenvalue weighted by Gasteiger charge is -2.04. The number of carbonyl (C=O) groups is 2. The van der Waals surface area contributed by atoms with E-state index >= 15 is 0 Å². The molecule has 116 valence electrons. The van der Waals surface area contributed by atoms with E-state index in [1.807, 2.05) is 0 Å². The molecule has 0 saturated heterocycles. The van der Waals surface area contributed by atoms with Gasteiger partial charge in [0.15, 0.2) is 0 Å². The van der Waals surface area contributed by atoms with Gasteiger partial charge < -0.3 is 11.1 Å². The van der Waals surface area contributed by atoms with Crippen molar-refractivity contribution in [1.29, 1.82) is 0 Å². The summed E-state index contributed by atoms with van der Waals surface area (Å²) in [6.45, 7) is 0.152. The maximum atomic E-state index is 12.0. The minimum absolute atomic E-state index is 0.152. The quantitative estimate of drug-likeness (QED) is 0.838. The summed E-state index contributed by atoms with van der Waals surface area (Å²) in [4.78, 5) is 22.9. The molecular weight excluding hydrogens is 335 g/mol. The Morgan fingerprint density at radius 1 is 1.09 bits per heavy atom. The number of amides is 2. The summed E-state index contributed by atoms with van der Waals surface area (Å²) >= 11 is 11.8. The summed E-state index contributed by atoms with van der Waals surface area (Å²) < 4.78 is 0. The van der Waals surface area contributed by atoms with Crippen LogP contribution in [-0.2, 0) is 0 Å². The molecular formula is C17H12Cl2N2O2. The SMILES string of the molecule is NC(=O)c1ccc(C#CCNC(=O)c2cc(Cl)ccc2Cl)cc1. The average molecular weight is 347 g/mol. The number of rotatable bonds is 3. The van der Waals surface area contributed by atoms with E-state index in [-0.39, 0.29) is 12.5 Å². The van der Waals surface area contributed by atoms with Crippen LogP contribution in [0.4, 0.5) is 0 Å². The first-order valence-electron chi connectivity index (χ1n) is 6.59. The molecule has 0 fully saturated rings. The van der Waals surface area contributed by atoms with E-state index in [1.165, 1.54) is 6.07 Å². The van der Waals surface area contributed by atoms with E-state index in [0.29, 0.717) is 26.7 Å². The van der Waals surface area contributed by atoms with E-state index in [1.54, 1.807) is 36.4 Å². The first-order chi connectivity index (χ1) is 11.0. The third-order valence-corrected chi connectivity index (χ3v) is 3.48. The lowest BCUT2D eigenvalue weighted by molar-refractivity contribution is 0.0957. The molecule has 6 heteroatoms. The number of hydrogen-bond acceptors (Lipinski definition) is 2. The van der Waals surface area contributed by atoms with Crippen LogP contribution in [0.3, 0.4) is 0 Å². The van der Waals surface area contributed by atoms with E-state index < -0.39 is 5.91 Å². The van der Waals surface area contributed by atoms with Crippen molar-refractivity contribution in [2.75, 3.05) is 6.54 Å². The summed E-state index contributed by atoms with van der Waals surface area (Å²) in [5.74, 6) is 4.84. The van der Waals surface area contributed by atoms with Crippen molar-refractivity contribution in [3.63, 3.8) is 0 Å². The molecule has 0 saturated carbocycles. The molecule has 0 heterocycles.